The number of hydrogen-bond acceptors (Lipinski definition) is 1. The van der Waals surface area contributed by atoms with E-state index in [0.717, 1.165) is 24.7 Å². The molecule has 1 nitrogen and oxygen atoms in total. The average molecular weight is 461 g/mol. The van der Waals surface area contributed by atoms with Crippen LogP contribution in [0.25, 0.3) is 16.7 Å². The molecule has 1 aliphatic carbocycles. The Kier molecular flexibility index (Phi) is 12.4. The minimum atomic E-state index is 0.828. The molecule has 3 rings (SSSR count). The van der Waals surface area contributed by atoms with Crippen LogP contribution in [0.15, 0.2) is 54.6 Å². The molecular formula is C33H48O. The van der Waals surface area contributed by atoms with Crippen LogP contribution in [0.1, 0.15) is 116 Å². The van der Waals surface area contributed by atoms with Gasteiger partial charge in [0.05, 0.1) is 6.61 Å². The topological polar surface area (TPSA) is 9.23 Å². The highest BCUT2D eigenvalue weighted by Gasteiger charge is 2.15. The zero-order valence-electron chi connectivity index (χ0n) is 22.0. The highest BCUT2D eigenvalue weighted by Crippen LogP contribution is 2.34. The van der Waals surface area contributed by atoms with Gasteiger partial charge in [0.2, 0.25) is 0 Å². The van der Waals surface area contributed by atoms with Crippen LogP contribution in [-0.2, 0) is 0 Å². The summed E-state index contributed by atoms with van der Waals surface area (Å²) in [6.45, 7) is 5.39. The van der Waals surface area contributed by atoms with Crippen LogP contribution in [-0.4, -0.2) is 6.61 Å². The molecule has 0 radical (unpaired) electrons. The first-order chi connectivity index (χ1) is 16.8. The van der Waals surface area contributed by atoms with Crippen molar-refractivity contribution in [3.05, 3.63) is 60.2 Å². The first-order valence-electron chi connectivity index (χ1n) is 14.3. The third kappa shape index (κ3) is 9.32. The maximum Gasteiger partial charge on any atom is 0.119 e. The van der Waals surface area contributed by atoms with E-state index in [-0.39, 0.29) is 0 Å². The van der Waals surface area contributed by atoms with Crippen molar-refractivity contribution in [1.29, 1.82) is 0 Å². The fourth-order valence-corrected chi connectivity index (χ4v) is 5.14. The molecule has 0 N–H and O–H groups in total. The summed E-state index contributed by atoms with van der Waals surface area (Å²) >= 11 is 0. The van der Waals surface area contributed by atoms with E-state index < -0.39 is 0 Å². The number of benzene rings is 2. The van der Waals surface area contributed by atoms with Gasteiger partial charge in [0, 0.05) is 0 Å². The number of allylic oxidation sites excluding steroid dienone is 2. The molecular weight excluding hydrogens is 412 g/mol. The summed E-state index contributed by atoms with van der Waals surface area (Å²) in [5, 5.41) is 0. The summed E-state index contributed by atoms with van der Waals surface area (Å²) in [6, 6.07) is 17.8. The van der Waals surface area contributed by atoms with Gasteiger partial charge in [-0.05, 0) is 66.0 Å². The Labute approximate surface area is 210 Å². The quantitative estimate of drug-likeness (QED) is 0.226. The van der Waals surface area contributed by atoms with Crippen LogP contribution in [0.5, 0.6) is 5.75 Å². The Morgan fingerprint density at radius 2 is 1.21 bits per heavy atom. The Hall–Kier alpha value is -2.02. The summed E-state index contributed by atoms with van der Waals surface area (Å²) in [6.07, 6.45) is 22.6. The van der Waals surface area contributed by atoms with E-state index in [1.54, 1.807) is 5.57 Å². The molecule has 1 aliphatic rings. The van der Waals surface area contributed by atoms with Gasteiger partial charge in [-0.1, -0.05) is 127 Å². The second kappa shape index (κ2) is 15.8. The van der Waals surface area contributed by atoms with Gasteiger partial charge in [-0.25, -0.2) is 0 Å². The summed E-state index contributed by atoms with van der Waals surface area (Å²) in [7, 11) is 0. The van der Waals surface area contributed by atoms with Gasteiger partial charge in [-0.2, -0.15) is 0 Å². The van der Waals surface area contributed by atoms with E-state index in [2.05, 4.69) is 68.5 Å². The molecule has 1 unspecified atom stereocenters. The number of hydrogen-bond donors (Lipinski definition) is 0. The number of ether oxygens (including phenoxy) is 1. The van der Waals surface area contributed by atoms with E-state index in [4.69, 9.17) is 4.74 Å². The Bertz CT molecular complexity index is 815. The predicted molar refractivity (Wildman–Crippen MR) is 149 cm³/mol. The Morgan fingerprint density at radius 3 is 1.82 bits per heavy atom. The van der Waals surface area contributed by atoms with Crippen LogP contribution in [0.2, 0.25) is 0 Å². The van der Waals surface area contributed by atoms with E-state index in [9.17, 15) is 0 Å². The Balaban J connectivity index is 1.41. The SMILES string of the molecule is CCCCCCCCOc1ccc(-c2ccc(C3=CCC(CCCCCCC)CC3)cc2)cc1. The van der Waals surface area contributed by atoms with Crippen molar-refractivity contribution in [2.75, 3.05) is 6.61 Å². The zero-order valence-corrected chi connectivity index (χ0v) is 22.0. The van der Waals surface area contributed by atoms with Gasteiger partial charge >= 0.3 is 0 Å². The fraction of sp³-hybridized carbons (Fsp3) is 0.576. The molecule has 2 aromatic rings. The molecule has 0 amide bonds. The van der Waals surface area contributed by atoms with Crippen molar-refractivity contribution >= 4 is 5.57 Å². The molecule has 2 aromatic carbocycles. The van der Waals surface area contributed by atoms with Gasteiger partial charge in [0.25, 0.3) is 0 Å². The van der Waals surface area contributed by atoms with E-state index >= 15 is 0 Å². The molecule has 0 fully saturated rings. The maximum absolute atomic E-state index is 5.94. The fourth-order valence-electron chi connectivity index (χ4n) is 5.14. The highest BCUT2D eigenvalue weighted by atomic mass is 16.5. The second-order valence-corrected chi connectivity index (χ2v) is 10.3. The lowest BCUT2D eigenvalue weighted by molar-refractivity contribution is 0.304. The molecule has 1 atom stereocenters. The Morgan fingerprint density at radius 1 is 0.647 bits per heavy atom. The third-order valence-corrected chi connectivity index (χ3v) is 7.45. The van der Waals surface area contributed by atoms with Gasteiger partial charge in [0.1, 0.15) is 5.75 Å². The van der Waals surface area contributed by atoms with Crippen molar-refractivity contribution < 1.29 is 4.74 Å². The molecule has 0 spiro atoms. The molecule has 0 aliphatic heterocycles. The molecule has 0 heterocycles. The van der Waals surface area contributed by atoms with Crippen molar-refractivity contribution in [3.8, 4) is 16.9 Å². The molecule has 0 saturated heterocycles. The second-order valence-electron chi connectivity index (χ2n) is 10.3. The number of unbranched alkanes of at least 4 members (excludes halogenated alkanes) is 9. The van der Waals surface area contributed by atoms with Crippen molar-refractivity contribution in [2.24, 2.45) is 5.92 Å². The lowest BCUT2D eigenvalue weighted by Crippen LogP contribution is -2.05. The largest absolute Gasteiger partial charge is 0.494 e. The molecule has 0 bridgehead atoms. The number of rotatable bonds is 16. The highest BCUT2D eigenvalue weighted by molar-refractivity contribution is 5.71. The third-order valence-electron chi connectivity index (χ3n) is 7.45. The van der Waals surface area contributed by atoms with Crippen molar-refractivity contribution in [2.45, 2.75) is 110 Å². The van der Waals surface area contributed by atoms with E-state index in [0.29, 0.717) is 0 Å². The van der Waals surface area contributed by atoms with Crippen LogP contribution in [0.3, 0.4) is 0 Å². The van der Waals surface area contributed by atoms with Crippen LogP contribution in [0.4, 0.5) is 0 Å². The predicted octanol–water partition coefficient (Wildman–Crippen LogP) is 10.6. The molecule has 0 saturated carbocycles. The van der Waals surface area contributed by atoms with Gasteiger partial charge < -0.3 is 4.74 Å². The molecule has 1 heteroatoms. The van der Waals surface area contributed by atoms with Gasteiger partial charge in [0.15, 0.2) is 0 Å². The first kappa shape index (κ1) is 26.6. The summed E-state index contributed by atoms with van der Waals surface area (Å²) in [4.78, 5) is 0. The standard InChI is InChI=1S/C33H48O/c1-3-5-7-9-11-13-27-34-33-25-23-32(24-26-33)31-21-19-30(20-22-31)29-17-15-28(16-18-29)14-12-10-8-6-4-2/h17,19-26,28H,3-16,18,27H2,1-2H3. The summed E-state index contributed by atoms with van der Waals surface area (Å²) < 4.78 is 5.94. The van der Waals surface area contributed by atoms with E-state index in [1.165, 1.54) is 107 Å². The maximum atomic E-state index is 5.94. The van der Waals surface area contributed by atoms with Gasteiger partial charge in [-0.15, -0.1) is 0 Å². The normalized spacial score (nSPS) is 15.8. The van der Waals surface area contributed by atoms with Crippen molar-refractivity contribution in [1.82, 2.24) is 0 Å². The van der Waals surface area contributed by atoms with Crippen LogP contribution < -0.4 is 4.74 Å². The first-order valence-corrected chi connectivity index (χ1v) is 14.3. The van der Waals surface area contributed by atoms with E-state index in [1.807, 2.05) is 0 Å². The summed E-state index contributed by atoms with van der Waals surface area (Å²) in [5.74, 6) is 1.90. The smallest absolute Gasteiger partial charge is 0.119 e. The zero-order chi connectivity index (χ0) is 23.8. The van der Waals surface area contributed by atoms with Gasteiger partial charge in [-0.3, -0.25) is 0 Å². The van der Waals surface area contributed by atoms with Crippen LogP contribution in [0, 0.1) is 5.92 Å². The monoisotopic (exact) mass is 460 g/mol. The molecule has 186 valence electrons. The molecule has 0 aromatic heterocycles. The average Bonchev–Trinajstić information content (AvgIpc) is 2.89. The van der Waals surface area contributed by atoms with Crippen LogP contribution >= 0.6 is 0 Å². The van der Waals surface area contributed by atoms with Crippen molar-refractivity contribution in [3.63, 3.8) is 0 Å². The summed E-state index contributed by atoms with van der Waals surface area (Å²) in [5.41, 5.74) is 5.50. The lowest BCUT2D eigenvalue weighted by atomic mass is 9.83. The minimum absolute atomic E-state index is 0.828. The minimum Gasteiger partial charge on any atom is -0.494 e. The lowest BCUT2D eigenvalue weighted by Gasteiger charge is -2.22. The molecule has 34 heavy (non-hydrogen) atoms.